The molecule has 1 aliphatic heterocycles. The van der Waals surface area contributed by atoms with E-state index in [1.54, 1.807) is 18.3 Å². The molecule has 0 N–H and O–H groups in total. The molecule has 0 radical (unpaired) electrons. The Balaban J connectivity index is 1.50. The van der Waals surface area contributed by atoms with Crippen molar-refractivity contribution in [3.8, 4) is 22.8 Å². The van der Waals surface area contributed by atoms with E-state index in [1.165, 1.54) is 44.9 Å². The number of fused-ring (bicyclic) bond motifs is 1. The molecule has 194 valence electrons. The molecule has 2 aromatic carbocycles. The number of sulfone groups is 1. The molecule has 0 fully saturated rings. The van der Waals surface area contributed by atoms with Crippen molar-refractivity contribution in [1.29, 1.82) is 0 Å². The summed E-state index contributed by atoms with van der Waals surface area (Å²) in [5, 5.41) is 0. The fourth-order valence-corrected chi connectivity index (χ4v) is 5.66. The largest absolute Gasteiger partial charge is 0.493 e. The van der Waals surface area contributed by atoms with E-state index in [4.69, 9.17) is 9.47 Å². The Morgan fingerprint density at radius 1 is 0.974 bits per heavy atom. The van der Waals surface area contributed by atoms with Gasteiger partial charge >= 0.3 is 0 Å². The highest BCUT2D eigenvalue weighted by Crippen LogP contribution is 2.36. The van der Waals surface area contributed by atoms with E-state index in [1.807, 2.05) is 0 Å². The van der Waals surface area contributed by atoms with Crippen LogP contribution in [0.25, 0.3) is 11.3 Å². The van der Waals surface area contributed by atoms with Gasteiger partial charge in [0.15, 0.2) is 21.3 Å². The van der Waals surface area contributed by atoms with Gasteiger partial charge in [0.1, 0.15) is 29.3 Å². The second kappa shape index (κ2) is 10.3. The van der Waals surface area contributed by atoms with Crippen LogP contribution in [0.4, 0.5) is 14.5 Å². The lowest BCUT2D eigenvalue weighted by Gasteiger charge is -2.14. The summed E-state index contributed by atoms with van der Waals surface area (Å²) in [5.74, 6) is -1.86. The van der Waals surface area contributed by atoms with Gasteiger partial charge in [0.05, 0.1) is 36.3 Å². The molecule has 2 aromatic heterocycles. The van der Waals surface area contributed by atoms with Crippen molar-refractivity contribution in [2.75, 3.05) is 14.2 Å². The third-order valence-electron chi connectivity index (χ3n) is 6.22. The third kappa shape index (κ3) is 4.72. The van der Waals surface area contributed by atoms with Crippen LogP contribution in [0.1, 0.15) is 22.5 Å². The van der Waals surface area contributed by atoms with Crippen LogP contribution in [0.5, 0.6) is 11.5 Å². The summed E-state index contributed by atoms with van der Waals surface area (Å²) in [4.78, 5) is 17.2. The second-order valence-electron chi connectivity index (χ2n) is 8.48. The summed E-state index contributed by atoms with van der Waals surface area (Å²) in [5.41, 5.74) is 2.34. The van der Waals surface area contributed by atoms with Crippen molar-refractivity contribution in [1.82, 2.24) is 15.0 Å². The number of hydrogen-bond acceptors (Lipinski definition) is 8. The highest BCUT2D eigenvalue weighted by Gasteiger charge is 2.24. The predicted octanol–water partition coefficient (Wildman–Crippen LogP) is 4.66. The quantitative estimate of drug-likeness (QED) is 0.323. The Kier molecular flexibility index (Phi) is 6.85. The maximum Gasteiger partial charge on any atom is 0.182 e. The molecule has 0 unspecified atom stereocenters. The van der Waals surface area contributed by atoms with Crippen LogP contribution in [0.3, 0.4) is 0 Å². The second-order valence-corrected chi connectivity index (χ2v) is 10.5. The molecule has 0 saturated carbocycles. The zero-order chi connectivity index (χ0) is 26.9. The maximum atomic E-state index is 15.7. The van der Waals surface area contributed by atoms with Gasteiger partial charge in [-0.05, 0) is 30.3 Å². The molecule has 1 aliphatic rings. The molecule has 0 amide bonds. The van der Waals surface area contributed by atoms with E-state index < -0.39 is 27.2 Å². The molecular weight excluding hydrogens is 514 g/mol. The first-order valence-electron chi connectivity index (χ1n) is 11.5. The van der Waals surface area contributed by atoms with Gasteiger partial charge < -0.3 is 9.47 Å². The van der Waals surface area contributed by atoms with Gasteiger partial charge in [-0.25, -0.2) is 27.2 Å². The first-order chi connectivity index (χ1) is 18.3. The van der Waals surface area contributed by atoms with Crippen molar-refractivity contribution < 1.29 is 26.7 Å². The van der Waals surface area contributed by atoms with Crippen LogP contribution < -0.4 is 9.47 Å². The highest BCUT2D eigenvalue weighted by atomic mass is 32.2. The summed E-state index contributed by atoms with van der Waals surface area (Å²) in [6, 6.07) is 9.76. The Morgan fingerprint density at radius 2 is 1.79 bits per heavy atom. The number of rotatable bonds is 8. The fraction of sp³-hybridized carbons (Fsp3) is 0.185. The van der Waals surface area contributed by atoms with E-state index in [0.29, 0.717) is 34.8 Å². The molecule has 38 heavy (non-hydrogen) atoms. The van der Waals surface area contributed by atoms with E-state index >= 15 is 4.39 Å². The van der Waals surface area contributed by atoms with E-state index in [0.717, 1.165) is 17.8 Å². The van der Waals surface area contributed by atoms with E-state index in [9.17, 15) is 12.8 Å². The molecule has 3 heterocycles. The van der Waals surface area contributed by atoms with Crippen LogP contribution in [-0.4, -0.2) is 43.8 Å². The Labute approximate surface area is 218 Å². The summed E-state index contributed by atoms with van der Waals surface area (Å²) >= 11 is 0. The topological polar surface area (TPSA) is 104 Å². The molecule has 5 rings (SSSR count). The van der Waals surface area contributed by atoms with Gasteiger partial charge in [-0.2, -0.15) is 0 Å². The Morgan fingerprint density at radius 3 is 2.58 bits per heavy atom. The van der Waals surface area contributed by atoms with Crippen molar-refractivity contribution >= 4 is 21.7 Å². The number of methoxy groups -OCH3 is 2. The number of pyridine rings is 1. The van der Waals surface area contributed by atoms with Crippen molar-refractivity contribution in [3.05, 3.63) is 89.1 Å². The van der Waals surface area contributed by atoms with Crippen molar-refractivity contribution in [2.24, 2.45) is 4.99 Å². The SMILES string of the molecule is COc1ccc(S(=O)(=O)Cc2ccc(F)c(Cc3ncccc3-c3ncnc4c3N=CC4)c2F)cc1OC. The number of benzene rings is 2. The molecule has 0 aliphatic carbocycles. The molecule has 0 atom stereocenters. The average Bonchev–Trinajstić information content (AvgIpc) is 3.42. The van der Waals surface area contributed by atoms with Crippen LogP contribution in [-0.2, 0) is 28.4 Å². The minimum atomic E-state index is -4.00. The van der Waals surface area contributed by atoms with Crippen LogP contribution in [0.2, 0.25) is 0 Å². The van der Waals surface area contributed by atoms with Crippen LogP contribution in [0, 0.1) is 11.6 Å². The van der Waals surface area contributed by atoms with Gasteiger partial charge in [0, 0.05) is 48.0 Å². The summed E-state index contributed by atoms with van der Waals surface area (Å²) in [6.07, 6.45) is 5.01. The molecular formula is C27H22F2N4O4S. The third-order valence-corrected chi connectivity index (χ3v) is 7.88. The van der Waals surface area contributed by atoms with E-state index in [2.05, 4.69) is 19.9 Å². The molecule has 8 nitrogen and oxygen atoms in total. The monoisotopic (exact) mass is 536 g/mol. The van der Waals surface area contributed by atoms with Crippen molar-refractivity contribution in [2.45, 2.75) is 23.5 Å². The number of hydrogen-bond donors (Lipinski definition) is 0. The first kappa shape index (κ1) is 25.4. The summed E-state index contributed by atoms with van der Waals surface area (Å²) in [6.45, 7) is 0. The lowest BCUT2D eigenvalue weighted by atomic mass is 9.99. The molecule has 0 spiro atoms. The number of nitrogens with zero attached hydrogens (tertiary/aromatic N) is 4. The fourth-order valence-electron chi connectivity index (χ4n) is 4.30. The van der Waals surface area contributed by atoms with Gasteiger partial charge in [0.2, 0.25) is 0 Å². The molecule has 4 aromatic rings. The Hall–Kier alpha value is -4.25. The van der Waals surface area contributed by atoms with Crippen LogP contribution >= 0.6 is 0 Å². The minimum Gasteiger partial charge on any atom is -0.493 e. The highest BCUT2D eigenvalue weighted by molar-refractivity contribution is 7.90. The van der Waals surface area contributed by atoms with Gasteiger partial charge in [-0.3, -0.25) is 9.98 Å². The van der Waals surface area contributed by atoms with Gasteiger partial charge in [-0.15, -0.1) is 0 Å². The zero-order valence-electron chi connectivity index (χ0n) is 20.5. The zero-order valence-corrected chi connectivity index (χ0v) is 21.3. The average molecular weight is 537 g/mol. The number of halogens is 2. The number of aliphatic imine (C=N–C) groups is 1. The number of aromatic nitrogens is 3. The van der Waals surface area contributed by atoms with Gasteiger partial charge in [-0.1, -0.05) is 6.07 Å². The summed E-state index contributed by atoms with van der Waals surface area (Å²) in [7, 11) is -1.19. The molecule has 11 heteroatoms. The van der Waals surface area contributed by atoms with E-state index in [-0.39, 0.29) is 28.2 Å². The lowest BCUT2D eigenvalue weighted by molar-refractivity contribution is 0.354. The minimum absolute atomic E-state index is 0.0781. The lowest BCUT2D eigenvalue weighted by Crippen LogP contribution is -2.10. The first-order valence-corrected chi connectivity index (χ1v) is 13.2. The van der Waals surface area contributed by atoms with Crippen molar-refractivity contribution in [3.63, 3.8) is 0 Å². The predicted molar refractivity (Wildman–Crippen MR) is 137 cm³/mol. The van der Waals surface area contributed by atoms with Crippen LogP contribution in [0.15, 0.2) is 64.9 Å². The standard InChI is InChI=1S/C27H22F2N4O4S/c1-36-23-8-6-17(12-24(23)37-2)38(34,35)14-16-5-7-20(28)19(25(16)29)13-22-18(4-3-10-30-22)26-27-21(9-11-31-27)32-15-33-26/h3-8,10-12,15H,9,13-14H2,1-2H3. The smallest absolute Gasteiger partial charge is 0.182 e. The normalized spacial score (nSPS) is 12.4. The number of ether oxygens (including phenoxy) is 2. The van der Waals surface area contributed by atoms with Gasteiger partial charge in [0.25, 0.3) is 0 Å². The summed E-state index contributed by atoms with van der Waals surface area (Å²) < 4.78 is 67.2. The molecule has 0 saturated heterocycles. The molecule has 0 bridgehead atoms. The maximum absolute atomic E-state index is 15.7. The Bertz CT molecular complexity index is 1680.